The van der Waals surface area contributed by atoms with Gasteiger partial charge in [0.25, 0.3) is 0 Å². The fourth-order valence-electron chi connectivity index (χ4n) is 0. The van der Waals surface area contributed by atoms with Gasteiger partial charge < -0.3 is 4.55 Å². The molecule has 0 spiro atoms. The van der Waals surface area contributed by atoms with E-state index in [1.165, 1.54) is 0 Å². The molecule has 0 atom stereocenters. The zero-order chi connectivity index (χ0) is 5.21. The van der Waals surface area contributed by atoms with E-state index in [-0.39, 0.29) is 17.1 Å². The molecular weight excluding hydrogens is 168 g/mol. The van der Waals surface area contributed by atoms with Gasteiger partial charge in [0.15, 0.2) is 0 Å². The Labute approximate surface area is 50.6 Å². The van der Waals surface area contributed by atoms with Gasteiger partial charge in [0.1, 0.15) is 0 Å². The summed E-state index contributed by atoms with van der Waals surface area (Å²) in [5.74, 6) is 0. The molecule has 0 fully saturated rings. The second-order valence-electron chi connectivity index (χ2n) is 0.483. The minimum Gasteiger partial charge on any atom is -0.724 e. The summed E-state index contributed by atoms with van der Waals surface area (Å²) in [6, 6.07) is 0. The third-order valence-electron chi connectivity index (χ3n) is 0.0913. The Morgan fingerprint density at radius 2 is 1.71 bits per heavy atom. The Morgan fingerprint density at radius 1 is 1.57 bits per heavy atom. The van der Waals surface area contributed by atoms with Crippen LogP contribution >= 0.6 is 0 Å². The topological polar surface area (TPSA) is 86.7 Å². The molecule has 0 rings (SSSR count). The molecule has 0 radical (unpaired) electrons. The van der Waals surface area contributed by atoms with Crippen molar-refractivity contribution >= 4 is 10.4 Å². The summed E-state index contributed by atoms with van der Waals surface area (Å²) in [6.07, 6.45) is 0. The van der Waals surface area contributed by atoms with E-state index < -0.39 is 10.4 Å². The molecule has 0 aliphatic carbocycles. The molecule has 0 saturated carbocycles. The number of hydrogen-bond donors (Lipinski definition) is 1. The predicted molar refractivity (Wildman–Crippen MR) is 13.4 cm³/mol. The van der Waals surface area contributed by atoms with E-state index in [0.717, 1.165) is 0 Å². The minimum atomic E-state index is -4.86. The third kappa shape index (κ3) is 10.7. The molecular formula is HFeO5S+. The molecule has 0 aromatic carbocycles. The minimum absolute atomic E-state index is 0. The van der Waals surface area contributed by atoms with Crippen molar-refractivity contribution in [2.75, 3.05) is 0 Å². The van der Waals surface area contributed by atoms with E-state index >= 15 is 0 Å². The van der Waals surface area contributed by atoms with Crippen LogP contribution in [0.5, 0.6) is 0 Å². The molecule has 7 heteroatoms. The molecule has 0 amide bonds. The Balaban J connectivity index is 0. The van der Waals surface area contributed by atoms with Crippen LogP contribution in [0.3, 0.4) is 0 Å². The molecule has 0 aliphatic rings. The summed E-state index contributed by atoms with van der Waals surface area (Å²) in [5.41, 5.74) is 0. The average molecular weight is 169 g/mol. The molecule has 1 N–H and O–H groups in total. The first-order chi connectivity index (χ1) is 2.56. The van der Waals surface area contributed by atoms with Crippen molar-refractivity contribution in [3.8, 4) is 0 Å². The van der Waals surface area contributed by atoms with Crippen molar-refractivity contribution in [2.24, 2.45) is 0 Å². The van der Waals surface area contributed by atoms with E-state index in [9.17, 15) is 0 Å². The van der Waals surface area contributed by atoms with E-state index in [1.54, 1.807) is 0 Å². The van der Waals surface area contributed by atoms with Crippen LogP contribution in [-0.4, -0.2) is 18.2 Å². The fourth-order valence-corrected chi connectivity index (χ4v) is 0. The standard InChI is InChI=1S/Fe.H2O5S/c;1-5-6(2,3)4/h;1H,(H,2,3,4)/q+2;/p-1. The molecule has 5 nitrogen and oxygen atoms in total. The monoisotopic (exact) mass is 169 g/mol. The SMILES string of the molecule is O=S(=O)([O-])OO.[Fe+2]. The van der Waals surface area contributed by atoms with Crippen LogP contribution in [0, 0.1) is 0 Å². The van der Waals surface area contributed by atoms with Gasteiger partial charge in [0.2, 0.25) is 10.4 Å². The van der Waals surface area contributed by atoms with Gasteiger partial charge in [0.05, 0.1) is 0 Å². The van der Waals surface area contributed by atoms with Gasteiger partial charge in [0, 0.05) is 0 Å². The first-order valence-corrected chi connectivity index (χ1v) is 2.18. The second kappa shape index (κ2) is 3.36. The average Bonchev–Trinajstić information content (AvgIpc) is 1.35. The van der Waals surface area contributed by atoms with Crippen LogP contribution in [0.25, 0.3) is 0 Å². The van der Waals surface area contributed by atoms with Gasteiger partial charge in [-0.1, -0.05) is 0 Å². The van der Waals surface area contributed by atoms with Crippen LogP contribution in [-0.2, 0) is 31.8 Å². The summed E-state index contributed by atoms with van der Waals surface area (Å²) in [7, 11) is -4.86. The maximum Gasteiger partial charge on any atom is 2.00 e. The smallest absolute Gasteiger partial charge is 0.724 e. The summed E-state index contributed by atoms with van der Waals surface area (Å²) >= 11 is 0. The van der Waals surface area contributed by atoms with Crippen LogP contribution in [0.4, 0.5) is 0 Å². The second-order valence-corrected chi connectivity index (χ2v) is 1.45. The molecule has 0 aromatic heterocycles. The van der Waals surface area contributed by atoms with Crippen molar-refractivity contribution in [1.82, 2.24) is 0 Å². The van der Waals surface area contributed by atoms with Crippen molar-refractivity contribution in [2.45, 2.75) is 0 Å². The maximum absolute atomic E-state index is 8.97. The maximum atomic E-state index is 8.97. The molecule has 0 heterocycles. The largest absolute Gasteiger partial charge is 2.00 e. The molecule has 0 aliphatic heterocycles. The van der Waals surface area contributed by atoms with Gasteiger partial charge >= 0.3 is 17.1 Å². The van der Waals surface area contributed by atoms with Crippen molar-refractivity contribution < 1.29 is 39.6 Å². The molecule has 0 saturated heterocycles. The van der Waals surface area contributed by atoms with Crippen molar-refractivity contribution in [3.05, 3.63) is 0 Å². The van der Waals surface area contributed by atoms with E-state index in [1.807, 2.05) is 0 Å². The fraction of sp³-hybridized carbons (Fsp3) is 0. The van der Waals surface area contributed by atoms with Crippen molar-refractivity contribution in [1.29, 1.82) is 0 Å². The zero-order valence-electron chi connectivity index (χ0n) is 2.84. The van der Waals surface area contributed by atoms with E-state index in [0.29, 0.717) is 0 Å². The summed E-state index contributed by atoms with van der Waals surface area (Å²) < 4.78 is 29.3. The van der Waals surface area contributed by atoms with Crippen LogP contribution in [0.1, 0.15) is 0 Å². The van der Waals surface area contributed by atoms with Gasteiger partial charge in [-0.3, -0.25) is 0 Å². The molecule has 0 bridgehead atoms. The Morgan fingerprint density at radius 3 is 1.71 bits per heavy atom. The Kier molecular flexibility index (Phi) is 4.98. The van der Waals surface area contributed by atoms with Gasteiger partial charge in [-0.15, -0.1) is 4.33 Å². The van der Waals surface area contributed by atoms with Gasteiger partial charge in [-0.25, -0.2) is 13.7 Å². The van der Waals surface area contributed by atoms with Crippen LogP contribution < -0.4 is 0 Å². The first kappa shape index (κ1) is 10.4. The zero-order valence-corrected chi connectivity index (χ0v) is 4.76. The van der Waals surface area contributed by atoms with Crippen LogP contribution in [0.15, 0.2) is 0 Å². The number of rotatable bonds is 1. The van der Waals surface area contributed by atoms with Gasteiger partial charge in [-0.05, 0) is 0 Å². The summed E-state index contributed by atoms with van der Waals surface area (Å²) in [6.45, 7) is 0. The van der Waals surface area contributed by atoms with Gasteiger partial charge in [-0.2, -0.15) is 0 Å². The first-order valence-electron chi connectivity index (χ1n) is 0.849. The number of hydrogen-bond acceptors (Lipinski definition) is 5. The Hall–Kier alpha value is 0.349. The molecule has 0 aromatic rings. The summed E-state index contributed by atoms with van der Waals surface area (Å²) in [4.78, 5) is 0. The van der Waals surface area contributed by atoms with E-state index in [4.69, 9.17) is 18.2 Å². The predicted octanol–water partition coefficient (Wildman–Crippen LogP) is -1.07. The molecule has 0 unspecified atom stereocenters. The quantitative estimate of drug-likeness (QED) is 0.177. The Bertz CT molecular complexity index is 110. The van der Waals surface area contributed by atoms with E-state index in [2.05, 4.69) is 4.33 Å². The molecule has 44 valence electrons. The van der Waals surface area contributed by atoms with Crippen molar-refractivity contribution in [3.63, 3.8) is 0 Å². The molecule has 7 heavy (non-hydrogen) atoms. The normalized spacial score (nSPS) is 10.0. The third-order valence-corrected chi connectivity index (χ3v) is 0.274. The summed E-state index contributed by atoms with van der Waals surface area (Å²) in [5, 5.41) is 7.00. The van der Waals surface area contributed by atoms with Crippen LogP contribution in [0.2, 0.25) is 0 Å².